The van der Waals surface area contributed by atoms with Crippen molar-refractivity contribution in [3.8, 4) is 0 Å². The Balaban J connectivity index is 2.02. The first-order valence-electron chi connectivity index (χ1n) is 8.28. The van der Waals surface area contributed by atoms with E-state index in [1.807, 2.05) is 0 Å². The lowest BCUT2D eigenvalue weighted by Crippen LogP contribution is -2.43. The highest BCUT2D eigenvalue weighted by molar-refractivity contribution is 6.07. The van der Waals surface area contributed by atoms with E-state index in [9.17, 15) is 14.7 Å². The second-order valence-electron chi connectivity index (χ2n) is 6.33. The summed E-state index contributed by atoms with van der Waals surface area (Å²) < 4.78 is 4.96. The van der Waals surface area contributed by atoms with E-state index >= 15 is 0 Å². The van der Waals surface area contributed by atoms with Gasteiger partial charge in [-0.1, -0.05) is 19.1 Å². The molecule has 0 radical (unpaired) electrons. The predicted octanol–water partition coefficient (Wildman–Crippen LogP) is 1.38. The van der Waals surface area contributed by atoms with Crippen molar-refractivity contribution in [2.24, 2.45) is 5.92 Å². The zero-order valence-corrected chi connectivity index (χ0v) is 14.3. The zero-order chi connectivity index (χ0) is 18.2. The Labute approximate surface area is 146 Å². The van der Waals surface area contributed by atoms with Crippen LogP contribution < -0.4 is 9.80 Å². The van der Waals surface area contributed by atoms with E-state index < -0.39 is 23.5 Å². The number of fused-ring (bicyclic) bond motifs is 1. The molecule has 2 amide bonds. The van der Waals surface area contributed by atoms with E-state index in [-0.39, 0.29) is 6.61 Å². The second-order valence-corrected chi connectivity index (χ2v) is 6.33. The smallest absolute Gasteiger partial charge is 0.414 e. The number of benzene rings is 1. The van der Waals surface area contributed by atoms with Crippen molar-refractivity contribution in [1.29, 1.82) is 0 Å². The number of hydrogen-bond donors (Lipinski definition) is 2. The molecule has 1 aromatic carbocycles. The lowest BCUT2D eigenvalue weighted by Gasteiger charge is -2.27. The summed E-state index contributed by atoms with van der Waals surface area (Å²) in [5, 5.41) is 20.1. The van der Waals surface area contributed by atoms with E-state index in [0.29, 0.717) is 36.5 Å². The number of carbonyl (C=O) groups is 2. The van der Waals surface area contributed by atoms with Crippen molar-refractivity contribution >= 4 is 23.4 Å². The third kappa shape index (κ3) is 2.69. The minimum absolute atomic E-state index is 0.00725. The summed E-state index contributed by atoms with van der Waals surface area (Å²) in [5.41, 5.74) is -0.0331. The molecule has 134 valence electrons. The predicted molar refractivity (Wildman–Crippen MR) is 92.4 cm³/mol. The fourth-order valence-electron chi connectivity index (χ4n) is 3.35. The molecule has 25 heavy (non-hydrogen) atoms. The minimum atomic E-state index is -1.71. The molecule has 0 spiro atoms. The molecular formula is C18H22N2O5. The van der Waals surface area contributed by atoms with Gasteiger partial charge in [0.25, 0.3) is 5.91 Å². The van der Waals surface area contributed by atoms with Gasteiger partial charge in [-0.25, -0.2) is 4.79 Å². The average molecular weight is 346 g/mol. The maximum absolute atomic E-state index is 12.7. The Morgan fingerprint density at radius 2 is 2.16 bits per heavy atom. The molecule has 0 unspecified atom stereocenters. The highest BCUT2D eigenvalue weighted by Crippen LogP contribution is 2.46. The van der Waals surface area contributed by atoms with Gasteiger partial charge in [0, 0.05) is 30.8 Å². The molecule has 1 fully saturated rings. The van der Waals surface area contributed by atoms with Crippen LogP contribution in [0.5, 0.6) is 0 Å². The molecule has 2 heterocycles. The Morgan fingerprint density at radius 1 is 1.40 bits per heavy atom. The van der Waals surface area contributed by atoms with Gasteiger partial charge in [0.05, 0.1) is 12.2 Å². The first-order chi connectivity index (χ1) is 11.9. The molecule has 0 saturated carbocycles. The molecule has 2 atom stereocenters. The molecular weight excluding hydrogens is 324 g/mol. The van der Waals surface area contributed by atoms with Crippen molar-refractivity contribution in [1.82, 2.24) is 0 Å². The number of hydrogen-bond acceptors (Lipinski definition) is 5. The van der Waals surface area contributed by atoms with Crippen LogP contribution in [0.1, 0.15) is 18.9 Å². The number of ether oxygens (including phenoxy) is 1. The fourth-order valence-corrected chi connectivity index (χ4v) is 3.35. The van der Waals surface area contributed by atoms with Gasteiger partial charge in [0.2, 0.25) is 0 Å². The molecule has 0 bridgehead atoms. The summed E-state index contributed by atoms with van der Waals surface area (Å²) in [6.07, 6.45) is 3.50. The Morgan fingerprint density at radius 3 is 2.80 bits per heavy atom. The van der Waals surface area contributed by atoms with Crippen LogP contribution in [0.2, 0.25) is 0 Å². The van der Waals surface area contributed by atoms with E-state index in [1.54, 1.807) is 44.3 Å². The van der Waals surface area contributed by atoms with Crippen LogP contribution in [-0.2, 0) is 15.1 Å². The van der Waals surface area contributed by atoms with Crippen molar-refractivity contribution in [3.63, 3.8) is 0 Å². The summed E-state index contributed by atoms with van der Waals surface area (Å²) >= 11 is 0. The van der Waals surface area contributed by atoms with E-state index in [1.165, 1.54) is 9.80 Å². The van der Waals surface area contributed by atoms with Gasteiger partial charge in [0.1, 0.15) is 6.61 Å². The standard InChI is InChI=1S/C18H22N2O5/c1-12(5-3-4-9-21)18(24)14-11-13(20-8-10-25-17(20)23)6-7-15(14)19(2)16(18)22/h3,5-7,11-12,21,24H,4,8-10H2,1-2H3/b5-3+/t12-,18+/m0/s1. The van der Waals surface area contributed by atoms with E-state index in [4.69, 9.17) is 9.84 Å². The number of amides is 2. The second kappa shape index (κ2) is 6.50. The molecule has 2 N–H and O–H groups in total. The molecule has 3 rings (SSSR count). The van der Waals surface area contributed by atoms with Gasteiger partial charge >= 0.3 is 6.09 Å². The van der Waals surface area contributed by atoms with Crippen molar-refractivity contribution in [3.05, 3.63) is 35.9 Å². The van der Waals surface area contributed by atoms with Crippen LogP contribution in [0.15, 0.2) is 30.4 Å². The topological polar surface area (TPSA) is 90.3 Å². The van der Waals surface area contributed by atoms with Crippen LogP contribution in [0, 0.1) is 5.92 Å². The largest absolute Gasteiger partial charge is 0.447 e. The fraction of sp³-hybridized carbons (Fsp3) is 0.444. The summed E-state index contributed by atoms with van der Waals surface area (Å²) in [6, 6.07) is 5.16. The van der Waals surface area contributed by atoms with Crippen LogP contribution >= 0.6 is 0 Å². The molecule has 2 aliphatic rings. The summed E-state index contributed by atoms with van der Waals surface area (Å²) in [7, 11) is 1.62. The highest BCUT2D eigenvalue weighted by atomic mass is 16.6. The molecule has 7 heteroatoms. The van der Waals surface area contributed by atoms with Crippen LogP contribution in [0.25, 0.3) is 0 Å². The molecule has 0 aliphatic carbocycles. The number of likely N-dealkylation sites (N-methyl/N-ethyl adjacent to an activating group) is 1. The Hall–Kier alpha value is -2.38. The number of aliphatic hydroxyl groups is 2. The summed E-state index contributed by atoms with van der Waals surface area (Å²) in [5.74, 6) is -0.902. The molecule has 1 saturated heterocycles. The molecule has 7 nitrogen and oxygen atoms in total. The number of cyclic esters (lactones) is 1. The van der Waals surface area contributed by atoms with Gasteiger partial charge in [-0.3, -0.25) is 9.69 Å². The van der Waals surface area contributed by atoms with Gasteiger partial charge in [-0.2, -0.15) is 0 Å². The molecule has 2 aliphatic heterocycles. The summed E-state index contributed by atoms with van der Waals surface area (Å²) in [6.45, 7) is 2.52. The monoisotopic (exact) mass is 346 g/mol. The maximum atomic E-state index is 12.7. The van der Waals surface area contributed by atoms with E-state index in [0.717, 1.165) is 0 Å². The summed E-state index contributed by atoms with van der Waals surface area (Å²) in [4.78, 5) is 27.5. The first-order valence-corrected chi connectivity index (χ1v) is 8.28. The normalized spacial score (nSPS) is 24.2. The van der Waals surface area contributed by atoms with Crippen LogP contribution in [0.4, 0.5) is 16.2 Å². The third-order valence-corrected chi connectivity index (χ3v) is 4.83. The molecule has 0 aromatic heterocycles. The van der Waals surface area contributed by atoms with Crippen LogP contribution in [-0.4, -0.2) is 49.0 Å². The third-order valence-electron chi connectivity index (χ3n) is 4.83. The van der Waals surface area contributed by atoms with Crippen molar-refractivity contribution in [2.75, 3.05) is 36.6 Å². The number of rotatable bonds is 5. The number of anilines is 2. The van der Waals surface area contributed by atoms with Crippen LogP contribution in [0.3, 0.4) is 0 Å². The zero-order valence-electron chi connectivity index (χ0n) is 14.3. The number of nitrogens with zero attached hydrogens (tertiary/aromatic N) is 2. The van der Waals surface area contributed by atoms with Gasteiger partial charge in [-0.15, -0.1) is 0 Å². The average Bonchev–Trinajstić information content (AvgIpc) is 3.12. The van der Waals surface area contributed by atoms with Crippen molar-refractivity contribution < 1.29 is 24.5 Å². The highest BCUT2D eigenvalue weighted by Gasteiger charge is 2.51. The number of aliphatic hydroxyl groups excluding tert-OH is 1. The Bertz CT molecular complexity index is 732. The minimum Gasteiger partial charge on any atom is -0.447 e. The quantitative estimate of drug-likeness (QED) is 0.786. The molecule has 1 aromatic rings. The van der Waals surface area contributed by atoms with E-state index in [2.05, 4.69) is 0 Å². The maximum Gasteiger partial charge on any atom is 0.414 e. The van der Waals surface area contributed by atoms with Gasteiger partial charge in [0.15, 0.2) is 5.60 Å². The van der Waals surface area contributed by atoms with Gasteiger partial charge < -0.3 is 19.8 Å². The van der Waals surface area contributed by atoms with Crippen molar-refractivity contribution in [2.45, 2.75) is 18.9 Å². The lowest BCUT2D eigenvalue weighted by molar-refractivity contribution is -0.139. The number of carbonyl (C=O) groups excluding carboxylic acids is 2. The lowest BCUT2D eigenvalue weighted by atomic mass is 9.82. The first kappa shape index (κ1) is 17.4. The SMILES string of the molecule is C[C@@H](/C=C/CCO)[C@]1(O)C(=O)N(C)c2ccc(N3CCOC3=O)cc21. The Kier molecular flexibility index (Phi) is 4.53. The van der Waals surface area contributed by atoms with Gasteiger partial charge in [-0.05, 0) is 24.6 Å².